The first kappa shape index (κ1) is 12.8. The Morgan fingerprint density at radius 2 is 2.21 bits per heavy atom. The zero-order valence-electron chi connectivity index (χ0n) is 10.2. The zero-order valence-corrected chi connectivity index (χ0v) is 11.9. The highest BCUT2D eigenvalue weighted by Gasteiger charge is 2.31. The maximum atomic E-state index is 12.0. The minimum absolute atomic E-state index is 0.0954. The Labute approximate surface area is 122 Å². The van der Waals surface area contributed by atoms with Crippen molar-refractivity contribution in [3.05, 3.63) is 35.5 Å². The first-order valence-electron chi connectivity index (χ1n) is 6.15. The molecule has 1 saturated heterocycles. The number of rotatable bonds is 2. The molecule has 0 N–H and O–H groups in total. The molecular formula is C14H13ClN2OS. The van der Waals surface area contributed by atoms with Gasteiger partial charge in [0.25, 0.3) is 0 Å². The quantitative estimate of drug-likeness (QED) is 0.863. The smallest absolute Gasteiger partial charge is 0.227 e. The molecule has 1 fully saturated rings. The summed E-state index contributed by atoms with van der Waals surface area (Å²) >= 11 is 10.7. The lowest BCUT2D eigenvalue weighted by Gasteiger charge is -2.18. The van der Waals surface area contributed by atoms with E-state index in [0.29, 0.717) is 35.3 Å². The summed E-state index contributed by atoms with van der Waals surface area (Å²) < 4.78 is 0. The van der Waals surface area contributed by atoms with Crippen molar-refractivity contribution in [3.63, 3.8) is 0 Å². The number of fused-ring (bicyclic) bond motifs is 1. The van der Waals surface area contributed by atoms with Crippen LogP contribution in [0.25, 0.3) is 10.9 Å². The summed E-state index contributed by atoms with van der Waals surface area (Å²) in [4.78, 5) is 18.1. The Hall–Kier alpha value is -1.26. The first-order chi connectivity index (χ1) is 9.20. The van der Waals surface area contributed by atoms with Gasteiger partial charge in [-0.3, -0.25) is 9.78 Å². The van der Waals surface area contributed by atoms with E-state index in [1.54, 1.807) is 11.1 Å². The van der Waals surface area contributed by atoms with E-state index in [-0.39, 0.29) is 5.91 Å². The third-order valence-corrected chi connectivity index (χ3v) is 4.36. The second-order valence-electron chi connectivity index (χ2n) is 4.73. The van der Waals surface area contributed by atoms with Crippen LogP contribution >= 0.6 is 24.2 Å². The van der Waals surface area contributed by atoms with Gasteiger partial charge in [-0.05, 0) is 17.7 Å². The molecule has 2 aromatic rings. The fraction of sp³-hybridized carbons (Fsp3) is 0.286. The molecule has 19 heavy (non-hydrogen) atoms. The SMILES string of the molecule is O=C1CC(CS)CN1c1cnc2ccccc2c1Cl. The van der Waals surface area contributed by atoms with Gasteiger partial charge in [-0.15, -0.1) is 0 Å². The highest BCUT2D eigenvalue weighted by atomic mass is 35.5. The van der Waals surface area contributed by atoms with E-state index in [1.807, 2.05) is 24.3 Å². The lowest BCUT2D eigenvalue weighted by atomic mass is 10.1. The number of anilines is 1. The van der Waals surface area contributed by atoms with Crippen molar-refractivity contribution in [2.75, 3.05) is 17.2 Å². The molecule has 1 amide bonds. The molecule has 0 aliphatic carbocycles. The number of pyridine rings is 1. The molecular weight excluding hydrogens is 280 g/mol. The number of benzene rings is 1. The number of halogens is 1. The van der Waals surface area contributed by atoms with Gasteiger partial charge >= 0.3 is 0 Å². The van der Waals surface area contributed by atoms with Crippen molar-refractivity contribution < 1.29 is 4.79 Å². The maximum absolute atomic E-state index is 12.0. The fourth-order valence-corrected chi connectivity index (χ4v) is 2.98. The highest BCUT2D eigenvalue weighted by Crippen LogP contribution is 2.35. The van der Waals surface area contributed by atoms with Crippen molar-refractivity contribution in [1.82, 2.24) is 4.98 Å². The van der Waals surface area contributed by atoms with Gasteiger partial charge in [0.05, 0.1) is 22.4 Å². The molecule has 2 heterocycles. The Kier molecular flexibility index (Phi) is 3.37. The van der Waals surface area contributed by atoms with Crippen LogP contribution in [0.3, 0.4) is 0 Å². The summed E-state index contributed by atoms with van der Waals surface area (Å²) in [6.45, 7) is 0.669. The van der Waals surface area contributed by atoms with Gasteiger partial charge in [0.1, 0.15) is 0 Å². The van der Waals surface area contributed by atoms with Crippen LogP contribution in [0.15, 0.2) is 30.5 Å². The lowest BCUT2D eigenvalue weighted by Crippen LogP contribution is -2.25. The minimum Gasteiger partial charge on any atom is -0.309 e. The second kappa shape index (κ2) is 5.02. The molecule has 0 radical (unpaired) electrons. The van der Waals surface area contributed by atoms with Crippen LogP contribution in [-0.2, 0) is 4.79 Å². The highest BCUT2D eigenvalue weighted by molar-refractivity contribution is 7.80. The maximum Gasteiger partial charge on any atom is 0.227 e. The second-order valence-corrected chi connectivity index (χ2v) is 5.47. The number of hydrogen-bond acceptors (Lipinski definition) is 3. The van der Waals surface area contributed by atoms with Crippen LogP contribution in [0.1, 0.15) is 6.42 Å². The number of carbonyl (C=O) groups excluding carboxylic acids is 1. The summed E-state index contributed by atoms with van der Waals surface area (Å²) in [6.07, 6.45) is 2.22. The van der Waals surface area contributed by atoms with Crippen molar-refractivity contribution in [1.29, 1.82) is 0 Å². The number of aromatic nitrogens is 1. The predicted octanol–water partition coefficient (Wildman–Crippen LogP) is 3.17. The van der Waals surface area contributed by atoms with Crippen LogP contribution in [0.2, 0.25) is 5.02 Å². The van der Waals surface area contributed by atoms with E-state index in [2.05, 4.69) is 17.6 Å². The average molecular weight is 293 g/mol. The summed E-state index contributed by atoms with van der Waals surface area (Å²) in [7, 11) is 0. The molecule has 1 aliphatic heterocycles. The average Bonchev–Trinajstić information content (AvgIpc) is 2.81. The number of thiol groups is 1. The normalized spacial score (nSPS) is 19.4. The monoisotopic (exact) mass is 292 g/mol. The van der Waals surface area contributed by atoms with Gasteiger partial charge in [0.2, 0.25) is 5.91 Å². The molecule has 3 nitrogen and oxygen atoms in total. The third-order valence-electron chi connectivity index (χ3n) is 3.45. The molecule has 1 aromatic carbocycles. The molecule has 5 heteroatoms. The Bertz CT molecular complexity index is 646. The van der Waals surface area contributed by atoms with Crippen molar-refractivity contribution >= 4 is 46.7 Å². The van der Waals surface area contributed by atoms with Gasteiger partial charge < -0.3 is 4.90 Å². The molecule has 0 saturated carbocycles. The zero-order chi connectivity index (χ0) is 13.4. The molecule has 1 atom stereocenters. The standard InChI is InChI=1S/C14H13ClN2OS/c15-14-10-3-1-2-4-11(10)16-6-12(14)17-7-9(8-19)5-13(17)18/h1-4,6,9,19H,5,7-8H2. The number of para-hydroxylation sites is 1. The van der Waals surface area contributed by atoms with Crippen LogP contribution in [0, 0.1) is 5.92 Å². The number of amides is 1. The van der Waals surface area contributed by atoms with Crippen LogP contribution < -0.4 is 4.90 Å². The van der Waals surface area contributed by atoms with Gasteiger partial charge in [-0.25, -0.2) is 0 Å². The van der Waals surface area contributed by atoms with Crippen molar-refractivity contribution in [2.24, 2.45) is 5.92 Å². The molecule has 0 spiro atoms. The first-order valence-corrected chi connectivity index (χ1v) is 7.16. The van der Waals surface area contributed by atoms with E-state index in [0.717, 1.165) is 10.9 Å². The van der Waals surface area contributed by atoms with E-state index < -0.39 is 0 Å². The van der Waals surface area contributed by atoms with E-state index in [9.17, 15) is 4.79 Å². The largest absolute Gasteiger partial charge is 0.309 e. The van der Waals surface area contributed by atoms with Gasteiger partial charge in [-0.1, -0.05) is 29.8 Å². The Balaban J connectivity index is 2.06. The summed E-state index contributed by atoms with van der Waals surface area (Å²) in [5, 5.41) is 1.47. The van der Waals surface area contributed by atoms with Crippen LogP contribution in [0.4, 0.5) is 5.69 Å². The van der Waals surface area contributed by atoms with E-state index in [4.69, 9.17) is 11.6 Å². The minimum atomic E-state index is 0.0954. The molecule has 1 aliphatic rings. The Morgan fingerprint density at radius 3 is 2.95 bits per heavy atom. The van der Waals surface area contributed by atoms with Gasteiger partial charge in [0.15, 0.2) is 0 Å². The predicted molar refractivity (Wildman–Crippen MR) is 81.1 cm³/mol. The summed E-state index contributed by atoms with van der Waals surface area (Å²) in [6, 6.07) is 7.67. The van der Waals surface area contributed by atoms with Gasteiger partial charge in [-0.2, -0.15) is 12.6 Å². The fourth-order valence-electron chi connectivity index (χ4n) is 2.42. The topological polar surface area (TPSA) is 33.2 Å². The van der Waals surface area contributed by atoms with Gasteiger partial charge in [0, 0.05) is 18.4 Å². The number of carbonyl (C=O) groups is 1. The molecule has 0 bridgehead atoms. The molecule has 98 valence electrons. The van der Waals surface area contributed by atoms with Crippen molar-refractivity contribution in [2.45, 2.75) is 6.42 Å². The number of nitrogens with zero attached hydrogens (tertiary/aromatic N) is 2. The molecule has 3 rings (SSSR count). The van der Waals surface area contributed by atoms with E-state index in [1.165, 1.54) is 0 Å². The van der Waals surface area contributed by atoms with Crippen LogP contribution in [-0.4, -0.2) is 23.2 Å². The molecule has 1 unspecified atom stereocenters. The van der Waals surface area contributed by atoms with Crippen molar-refractivity contribution in [3.8, 4) is 0 Å². The Morgan fingerprint density at radius 1 is 1.42 bits per heavy atom. The number of hydrogen-bond donors (Lipinski definition) is 1. The van der Waals surface area contributed by atoms with E-state index >= 15 is 0 Å². The third kappa shape index (κ3) is 2.19. The lowest BCUT2D eigenvalue weighted by molar-refractivity contribution is -0.117. The molecule has 1 aromatic heterocycles. The summed E-state index contributed by atoms with van der Waals surface area (Å²) in [5.41, 5.74) is 1.54. The van der Waals surface area contributed by atoms with Crippen LogP contribution in [0.5, 0.6) is 0 Å². The summed E-state index contributed by atoms with van der Waals surface area (Å²) in [5.74, 6) is 1.09.